The summed E-state index contributed by atoms with van der Waals surface area (Å²) in [5, 5.41) is 23.2. The van der Waals surface area contributed by atoms with Gasteiger partial charge >= 0.3 is 0 Å². The molecule has 0 aliphatic heterocycles. The largest absolute Gasteiger partial charge is 0.394 e. The van der Waals surface area contributed by atoms with E-state index in [1.807, 2.05) is 41.5 Å². The maximum Gasteiger partial charge on any atom is 0.0693 e. The molecule has 39 heavy (non-hydrogen) atoms. The summed E-state index contributed by atoms with van der Waals surface area (Å²) < 4.78 is 4.44. The molecule has 0 saturated heterocycles. The van der Waals surface area contributed by atoms with Gasteiger partial charge in [-0.3, -0.25) is 0 Å². The van der Waals surface area contributed by atoms with Crippen LogP contribution in [-0.4, -0.2) is 48.9 Å². The summed E-state index contributed by atoms with van der Waals surface area (Å²) >= 11 is 0. The molecule has 0 heterocycles. The Labute approximate surface area is 249 Å². The molecule has 0 amide bonds. The van der Waals surface area contributed by atoms with Gasteiger partial charge in [0.25, 0.3) is 0 Å². The van der Waals surface area contributed by atoms with Crippen LogP contribution in [0.1, 0.15) is 41.5 Å². The summed E-state index contributed by atoms with van der Waals surface area (Å²) in [7, 11) is 1.55. The summed E-state index contributed by atoms with van der Waals surface area (Å²) in [6.45, 7) is 67.8. The van der Waals surface area contributed by atoms with Crippen molar-refractivity contribution in [3.63, 3.8) is 0 Å². The number of aliphatic hydroxyl groups excluding tert-OH is 3. The van der Waals surface area contributed by atoms with Gasteiger partial charge in [-0.25, -0.2) is 0 Å². The van der Waals surface area contributed by atoms with Crippen molar-refractivity contribution in [1.29, 1.82) is 0 Å². The van der Waals surface area contributed by atoms with Crippen LogP contribution in [0, 0.1) is 0 Å². The van der Waals surface area contributed by atoms with E-state index < -0.39 is 0 Å². The molecule has 0 aromatic heterocycles. The van der Waals surface area contributed by atoms with Crippen LogP contribution in [0.25, 0.3) is 0 Å². The number of hydrogen-bond donors (Lipinski definition) is 3. The van der Waals surface area contributed by atoms with Gasteiger partial charge < -0.3 is 20.1 Å². The van der Waals surface area contributed by atoms with Crippen molar-refractivity contribution in [3.05, 3.63) is 155 Å². The van der Waals surface area contributed by atoms with E-state index in [9.17, 15) is 0 Å². The Morgan fingerprint density at radius 1 is 0.385 bits per heavy atom. The van der Waals surface area contributed by atoms with E-state index in [2.05, 4.69) is 123 Å². The third-order valence-corrected chi connectivity index (χ3v) is 0.395. The molecule has 0 unspecified atom stereocenters. The van der Waals surface area contributed by atoms with E-state index in [4.69, 9.17) is 15.3 Å². The SMILES string of the molecule is C=C.C=C.C=C.C=C.C=C.C=C.C=CC.C=CC.C=CC.C=CC.C=CC.C=CC.COCCO.OCCO. The number of ether oxygens (including phenoxy) is 1. The molecule has 0 atom stereocenters. The Hall–Kier alpha value is -3.28. The second-order valence-electron chi connectivity index (χ2n) is 3.61. The number of methoxy groups -OCH3 is 1. The van der Waals surface area contributed by atoms with Crippen LogP contribution in [0.5, 0.6) is 0 Å². The molecule has 3 N–H and O–H groups in total. The highest BCUT2D eigenvalue weighted by Crippen LogP contribution is 1.56. The van der Waals surface area contributed by atoms with Gasteiger partial charge in [0.15, 0.2) is 0 Å². The predicted molar refractivity (Wildman–Crippen MR) is 196 cm³/mol. The average molecular weight is 559 g/mol. The van der Waals surface area contributed by atoms with E-state index in [0.29, 0.717) is 6.61 Å². The number of aliphatic hydroxyl groups is 3. The fourth-order valence-corrected chi connectivity index (χ4v) is 0.0913. The van der Waals surface area contributed by atoms with Crippen LogP contribution in [-0.2, 0) is 4.74 Å². The van der Waals surface area contributed by atoms with Gasteiger partial charge in [-0.15, -0.1) is 118 Å². The molecule has 0 bridgehead atoms. The third kappa shape index (κ3) is 474000. The highest BCUT2D eigenvalue weighted by atomic mass is 16.5. The average Bonchev–Trinajstić information content (AvgIpc) is 2.98. The van der Waals surface area contributed by atoms with Crippen LogP contribution >= 0.6 is 0 Å². The van der Waals surface area contributed by atoms with Crippen molar-refractivity contribution in [2.75, 3.05) is 33.5 Å². The molecule has 0 rings (SSSR count). The smallest absolute Gasteiger partial charge is 0.0693 e. The Morgan fingerprint density at radius 2 is 0.487 bits per heavy atom. The van der Waals surface area contributed by atoms with Gasteiger partial charge in [0.05, 0.1) is 26.4 Å². The molecule has 0 aliphatic rings. The first kappa shape index (κ1) is 91.3. The van der Waals surface area contributed by atoms with Crippen molar-refractivity contribution < 1.29 is 20.1 Å². The molecule has 0 aliphatic carbocycles. The summed E-state index contributed by atoms with van der Waals surface area (Å²) in [4.78, 5) is 0. The maximum absolute atomic E-state index is 7.94. The highest BCUT2D eigenvalue weighted by molar-refractivity contribution is 4.53. The Kier molecular flexibility index (Phi) is 1550. The lowest BCUT2D eigenvalue weighted by Crippen LogP contribution is -1.91. The lowest BCUT2D eigenvalue weighted by Gasteiger charge is -1.84. The summed E-state index contributed by atoms with van der Waals surface area (Å²) in [6.07, 6.45) is 10.5. The molecule has 0 spiro atoms. The van der Waals surface area contributed by atoms with Crippen LogP contribution in [0.4, 0.5) is 0 Å². The minimum atomic E-state index is -0.125. The van der Waals surface area contributed by atoms with E-state index in [-0.39, 0.29) is 19.8 Å². The molecule has 0 fully saturated rings. The first-order valence-corrected chi connectivity index (χ1v) is 11.6. The molecule has 4 nitrogen and oxygen atoms in total. The quantitative estimate of drug-likeness (QED) is 0.301. The zero-order valence-electron chi connectivity index (χ0n) is 27.8. The van der Waals surface area contributed by atoms with Gasteiger partial charge in [-0.05, 0) is 41.5 Å². The number of allylic oxidation sites excluding steroid dienone is 6. The van der Waals surface area contributed by atoms with Crippen LogP contribution in [0.15, 0.2) is 155 Å². The van der Waals surface area contributed by atoms with Crippen LogP contribution < -0.4 is 0 Å². The lowest BCUT2D eigenvalue weighted by atomic mass is 10.8. The minimum absolute atomic E-state index is 0.122. The lowest BCUT2D eigenvalue weighted by molar-refractivity contribution is 0.135. The van der Waals surface area contributed by atoms with Crippen molar-refractivity contribution in [1.82, 2.24) is 0 Å². The van der Waals surface area contributed by atoms with E-state index in [1.165, 1.54) is 0 Å². The number of hydrogen-bond acceptors (Lipinski definition) is 4. The van der Waals surface area contributed by atoms with Gasteiger partial charge in [-0.2, -0.15) is 0 Å². The molecule has 238 valence electrons. The van der Waals surface area contributed by atoms with Gasteiger partial charge in [0.2, 0.25) is 0 Å². The topological polar surface area (TPSA) is 69.9 Å². The van der Waals surface area contributed by atoms with Crippen LogP contribution in [0.3, 0.4) is 0 Å². The molecule has 0 aromatic rings. The molecular weight excluding hydrogens is 484 g/mol. The van der Waals surface area contributed by atoms with E-state index in [0.717, 1.165) is 0 Å². The third-order valence-electron chi connectivity index (χ3n) is 0.395. The fourth-order valence-electron chi connectivity index (χ4n) is 0.0913. The molecule has 0 saturated carbocycles. The Bertz CT molecular complexity index is 222. The van der Waals surface area contributed by atoms with Crippen molar-refractivity contribution in [2.45, 2.75) is 41.5 Å². The predicted octanol–water partition coefficient (Wildman–Crippen LogP) is 10.6. The second-order valence-corrected chi connectivity index (χ2v) is 3.61. The maximum atomic E-state index is 7.94. The first-order chi connectivity index (χ1) is 18.8. The molecule has 0 aromatic carbocycles. The highest BCUT2D eigenvalue weighted by Gasteiger charge is 1.67. The summed E-state index contributed by atoms with van der Waals surface area (Å²) in [6, 6.07) is 0. The van der Waals surface area contributed by atoms with Crippen molar-refractivity contribution in [3.8, 4) is 0 Å². The van der Waals surface area contributed by atoms with Crippen molar-refractivity contribution >= 4 is 0 Å². The number of rotatable bonds is 3. The van der Waals surface area contributed by atoms with Gasteiger partial charge in [-0.1, -0.05) is 36.5 Å². The molecular formula is C35H74O4. The molecule has 4 heteroatoms. The van der Waals surface area contributed by atoms with Crippen LogP contribution in [0.2, 0.25) is 0 Å². The zero-order chi connectivity index (χ0) is 35.8. The zero-order valence-corrected chi connectivity index (χ0v) is 27.8. The fraction of sp³-hybridized carbons (Fsp3) is 0.314. The van der Waals surface area contributed by atoms with Gasteiger partial charge in [0.1, 0.15) is 0 Å². The second kappa shape index (κ2) is 662. The Balaban J connectivity index is -0.0000000146. The van der Waals surface area contributed by atoms with Crippen molar-refractivity contribution in [2.24, 2.45) is 0 Å². The summed E-state index contributed by atoms with van der Waals surface area (Å²) in [5.41, 5.74) is 0. The molecule has 0 radical (unpaired) electrons. The van der Waals surface area contributed by atoms with E-state index >= 15 is 0 Å². The standard InChI is InChI=1S/C3H8O2.6C3H6.C2H6O2.6C2H4/c1-5-3-2-4;6*1-3-2;3-1-2-4;6*1-2/h4H,2-3H2,1H3;6*3H,1H2,2H3;3-4H,1-2H2;6*1-2H2. The minimum Gasteiger partial charge on any atom is -0.394 e. The first-order valence-electron chi connectivity index (χ1n) is 11.6. The Morgan fingerprint density at radius 3 is 0.487 bits per heavy atom. The summed E-state index contributed by atoms with van der Waals surface area (Å²) in [5.74, 6) is 0. The van der Waals surface area contributed by atoms with E-state index in [1.54, 1.807) is 43.6 Å². The monoisotopic (exact) mass is 559 g/mol. The normalized spacial score (nSPS) is 4.46. The van der Waals surface area contributed by atoms with Gasteiger partial charge in [0, 0.05) is 7.11 Å².